The first-order chi connectivity index (χ1) is 67.4. The minimum Gasteiger partial charge on any atom is -0.341 e. The third-order valence-corrected chi connectivity index (χ3v) is 25.9. The highest BCUT2D eigenvalue weighted by Gasteiger charge is 2.31. The molecule has 0 atom stereocenters. The number of fused-ring (bicyclic) bond motifs is 36. The maximum Gasteiger partial charge on any atom is 0.0571 e. The summed E-state index contributed by atoms with van der Waals surface area (Å²) in [5, 5.41) is 27.2. The smallest absolute Gasteiger partial charge is 0.0571 e. The van der Waals surface area contributed by atoms with Crippen LogP contribution in [-0.2, 0) is 51.9 Å². The van der Waals surface area contributed by atoms with Crippen LogP contribution in [0.5, 0.6) is 0 Å². The van der Waals surface area contributed by atoms with Gasteiger partial charge in [-0.1, -0.05) is 422 Å². The quantitative estimate of drug-likeness (QED) is 0.167. The first-order valence-electron chi connectivity index (χ1n) is 52.4. The maximum absolute atomic E-state index is 2.51. The van der Waals surface area contributed by atoms with E-state index in [0.717, 1.165) is 51.9 Å². The molecule has 0 radical (unpaired) electrons. The summed E-state index contributed by atoms with van der Waals surface area (Å²) in [6.45, 7) is 60.9. The fraction of sp³-hybridized carbons (Fsp3) is 0.278. The molecule has 0 unspecified atom stereocenters. The number of aromatic nitrogens is 4. The van der Waals surface area contributed by atoms with Gasteiger partial charge in [-0.05, 0) is 268 Å². The van der Waals surface area contributed by atoms with E-state index in [-0.39, 0.29) is 7.43 Å². The van der Waals surface area contributed by atoms with Crippen LogP contribution in [0.4, 0.5) is 0 Å². The van der Waals surface area contributed by atoms with Crippen molar-refractivity contribution in [2.75, 3.05) is 0 Å². The van der Waals surface area contributed by atoms with Crippen molar-refractivity contribution in [3.63, 3.8) is 0 Å². The lowest BCUT2D eigenvalue weighted by molar-refractivity contribution is 0.827. The first-order valence-corrected chi connectivity index (χ1v) is 52.4. The van der Waals surface area contributed by atoms with Gasteiger partial charge >= 0.3 is 0 Å². The Morgan fingerprint density at radius 1 is 0.175 bits per heavy atom. The van der Waals surface area contributed by atoms with Gasteiger partial charge in [0.15, 0.2) is 0 Å². The average Bonchev–Trinajstić information content (AvgIpc) is 1.60. The van der Waals surface area contributed by atoms with E-state index in [1.165, 1.54) is 241 Å². The fourth-order valence-electron chi connectivity index (χ4n) is 21.0. The van der Waals surface area contributed by atoms with Gasteiger partial charge in [-0.15, -0.1) is 0 Å². The Hall–Kier alpha value is -13.3. The summed E-state index contributed by atoms with van der Waals surface area (Å²) in [6.07, 6.45) is 4.13. The zero-order valence-corrected chi connectivity index (χ0v) is 87.5. The number of nitrogens with zero attached hydrogens (tertiary/aromatic N) is 4. The molecule has 0 N–H and O–H groups in total. The normalized spacial score (nSPS) is 11.0. The lowest BCUT2D eigenvalue weighted by Gasteiger charge is -2.09. The highest BCUT2D eigenvalue weighted by atomic mass is 15.0. The van der Waals surface area contributed by atoms with Gasteiger partial charge in [0.25, 0.3) is 0 Å². The van der Waals surface area contributed by atoms with Crippen molar-refractivity contribution in [2.45, 2.75) is 253 Å². The minimum atomic E-state index is 0. The maximum atomic E-state index is 2.51. The van der Waals surface area contributed by atoms with E-state index in [2.05, 4.69) is 361 Å². The third-order valence-electron chi connectivity index (χ3n) is 25.9. The second-order valence-electron chi connectivity index (χ2n) is 31.5. The highest BCUT2D eigenvalue weighted by molar-refractivity contribution is 6.25. The standard InChI is InChI=1S/2C29H21N.2C25H19N.12C2H6.CH4/c1-2-30-26-14-12-21-16-22-15-19-8-3-4-9-20(19)17-25(22)27(21)28(26)24-13-11-18-7-5-6-10-23(18)29(24)30;1-2-30-25-14-13-22-15-21-12-11-18-7-5-6-10-23(18)27(21)28(22)29(25)24-16-19-8-3-4-9-20(19)17-26(24)30;2*1-2-26-23-12-11-20-19-10-6-5-9-18(19)14-21(20)25(23)22-13-16-7-3-4-8-17(16)15-24(22)26;12*1-2;/h3-15,17H,2,16H2,1H3;3-14,16-17H,2,15H2,1H3;2*3-13,15H,2,14H2,1H3;12*1-2H3;1H4. The summed E-state index contributed by atoms with van der Waals surface area (Å²) < 4.78 is 9.94. The Balaban J connectivity index is 0.000000175. The van der Waals surface area contributed by atoms with Crippen molar-refractivity contribution >= 4 is 152 Å². The lowest BCUT2D eigenvalue weighted by atomic mass is 9.94. The van der Waals surface area contributed by atoms with E-state index < -0.39 is 0 Å². The Morgan fingerprint density at radius 3 is 0.891 bits per heavy atom. The van der Waals surface area contributed by atoms with E-state index in [0.29, 0.717) is 0 Å². The molecule has 26 rings (SSSR count). The molecule has 4 heterocycles. The predicted molar refractivity (Wildman–Crippen MR) is 621 cm³/mol. The molecule has 0 saturated heterocycles. The molecule has 4 nitrogen and oxygen atoms in total. The summed E-state index contributed by atoms with van der Waals surface area (Å²) in [7, 11) is 0. The topological polar surface area (TPSA) is 19.7 Å². The van der Waals surface area contributed by atoms with Crippen LogP contribution in [0.2, 0.25) is 0 Å². The molecule has 0 aliphatic heterocycles. The molecule has 708 valence electrons. The number of benzene rings is 18. The molecule has 137 heavy (non-hydrogen) atoms. The van der Waals surface area contributed by atoms with Crippen LogP contribution >= 0.6 is 0 Å². The molecule has 4 heteroatoms. The van der Waals surface area contributed by atoms with Gasteiger partial charge in [0, 0.05) is 113 Å². The molecule has 0 bridgehead atoms. The van der Waals surface area contributed by atoms with Crippen LogP contribution in [0, 0.1) is 0 Å². The molecule has 4 aliphatic rings. The number of hydrogen-bond donors (Lipinski definition) is 0. The first kappa shape index (κ1) is 106. The monoisotopic (exact) mass is 1810 g/mol. The van der Waals surface area contributed by atoms with E-state index >= 15 is 0 Å². The predicted octanol–water partition coefficient (Wildman–Crippen LogP) is 41.4. The van der Waals surface area contributed by atoms with Crippen LogP contribution in [0.1, 0.15) is 246 Å². The fourth-order valence-corrected chi connectivity index (χ4v) is 21.0. The summed E-state index contributed by atoms with van der Waals surface area (Å²) in [4.78, 5) is 0. The molecule has 0 saturated carbocycles. The van der Waals surface area contributed by atoms with Crippen LogP contribution in [-0.4, -0.2) is 18.3 Å². The van der Waals surface area contributed by atoms with Gasteiger partial charge in [0.2, 0.25) is 0 Å². The molecule has 0 fully saturated rings. The second kappa shape index (κ2) is 50.0. The summed E-state index contributed by atoms with van der Waals surface area (Å²) >= 11 is 0. The lowest BCUT2D eigenvalue weighted by Crippen LogP contribution is -1.94. The van der Waals surface area contributed by atoms with Crippen molar-refractivity contribution in [3.05, 3.63) is 360 Å². The van der Waals surface area contributed by atoms with Crippen molar-refractivity contribution in [1.82, 2.24) is 18.3 Å². The molecular formula is C133H156N4. The van der Waals surface area contributed by atoms with Crippen LogP contribution in [0.25, 0.3) is 196 Å². The molecule has 0 spiro atoms. The Morgan fingerprint density at radius 2 is 0.467 bits per heavy atom. The van der Waals surface area contributed by atoms with Gasteiger partial charge in [-0.3, -0.25) is 0 Å². The largest absolute Gasteiger partial charge is 0.341 e. The molecule has 4 aliphatic carbocycles. The van der Waals surface area contributed by atoms with Crippen molar-refractivity contribution in [1.29, 1.82) is 0 Å². The van der Waals surface area contributed by atoms with Gasteiger partial charge in [0.1, 0.15) is 0 Å². The van der Waals surface area contributed by atoms with Crippen LogP contribution < -0.4 is 0 Å². The second-order valence-corrected chi connectivity index (χ2v) is 31.5. The zero-order valence-electron chi connectivity index (χ0n) is 87.5. The van der Waals surface area contributed by atoms with E-state index in [4.69, 9.17) is 0 Å². The average molecular weight is 1810 g/mol. The highest BCUT2D eigenvalue weighted by Crippen LogP contribution is 2.52. The van der Waals surface area contributed by atoms with E-state index in [1.54, 1.807) is 0 Å². The molecular weight excluding hydrogens is 1650 g/mol. The number of hydrogen-bond acceptors (Lipinski definition) is 0. The Kier molecular flexibility index (Phi) is 38.6. The van der Waals surface area contributed by atoms with Gasteiger partial charge in [0.05, 0.1) is 5.52 Å². The molecule has 18 aromatic carbocycles. The summed E-state index contributed by atoms with van der Waals surface area (Å²) in [5.74, 6) is 0. The summed E-state index contributed by atoms with van der Waals surface area (Å²) in [6, 6.07) is 117. The van der Waals surface area contributed by atoms with Gasteiger partial charge < -0.3 is 18.3 Å². The van der Waals surface area contributed by atoms with Gasteiger partial charge in [-0.2, -0.15) is 0 Å². The Labute approximate surface area is 822 Å². The van der Waals surface area contributed by atoms with Crippen molar-refractivity contribution in [3.8, 4) is 44.5 Å². The third kappa shape index (κ3) is 19.3. The number of aryl methyl sites for hydroxylation is 4. The van der Waals surface area contributed by atoms with Crippen molar-refractivity contribution < 1.29 is 0 Å². The zero-order chi connectivity index (χ0) is 98.1. The Bertz CT molecular complexity index is 7600. The van der Waals surface area contributed by atoms with Gasteiger partial charge in [-0.25, -0.2) is 0 Å². The molecule has 4 aromatic heterocycles. The van der Waals surface area contributed by atoms with Crippen LogP contribution in [0.15, 0.2) is 315 Å². The van der Waals surface area contributed by atoms with Crippen LogP contribution in [0.3, 0.4) is 0 Å². The minimum absolute atomic E-state index is 0. The number of rotatable bonds is 4. The van der Waals surface area contributed by atoms with Crippen molar-refractivity contribution in [2.24, 2.45) is 0 Å². The molecule has 22 aromatic rings. The van der Waals surface area contributed by atoms with E-state index in [9.17, 15) is 0 Å². The SMILES string of the molecule is C.CC.CC.CC.CC.CC.CC.CC.CC.CC.CC.CC.CC.CCn1c2cc3ccccc3cc2c2c3c(ccc21)-c1ccccc1C3.CCn1c2cc3ccccc3cc2c2c3c(ccc21)-c1ccccc1C3.CCn1c2cc3ccccc3cc2c2c3c(ccc21)Cc1ccc2ccccc2c1-3.CCn1c2ccc3c(c2c2ccc4ccccc4c21)-c1cc2ccccc2cc1C3. The molecule has 0 amide bonds. The van der Waals surface area contributed by atoms with E-state index in [1.807, 2.05) is 166 Å². The summed E-state index contributed by atoms with van der Waals surface area (Å²) in [5.41, 5.74) is 33.9.